The van der Waals surface area contributed by atoms with Gasteiger partial charge in [0, 0.05) is 16.7 Å². The normalized spacial score (nSPS) is 29.3. The smallest absolute Gasteiger partial charge is 0.340 e. The summed E-state index contributed by atoms with van der Waals surface area (Å²) in [4.78, 5) is 24.0. The molecule has 2 aliphatic heterocycles. The number of aliphatic carboxylic acids is 1. The van der Waals surface area contributed by atoms with E-state index in [4.69, 9.17) is 14.2 Å². The summed E-state index contributed by atoms with van der Waals surface area (Å²) in [6.07, 6.45) is -8.97. The fraction of sp³-hybridized carbons (Fsp3) is 0.231. The van der Waals surface area contributed by atoms with E-state index in [1.807, 2.05) is 0 Å². The molecule has 4 N–H and O–H groups in total. The fourth-order valence-corrected chi connectivity index (χ4v) is 4.55. The molecule has 3 aromatic carbocycles. The maximum absolute atomic E-state index is 12.8. The van der Waals surface area contributed by atoms with Crippen LogP contribution in [-0.4, -0.2) is 63.1 Å². The molecule has 0 bridgehead atoms. The summed E-state index contributed by atoms with van der Waals surface area (Å²) in [5.41, 5.74) is 0.820. The van der Waals surface area contributed by atoms with Crippen molar-refractivity contribution in [3.8, 4) is 11.5 Å². The van der Waals surface area contributed by atoms with Crippen molar-refractivity contribution in [3.63, 3.8) is 0 Å². The number of hydrogen-bond donors (Lipinski definition) is 4. The first-order valence-electron chi connectivity index (χ1n) is 11.0. The fourth-order valence-electron chi connectivity index (χ4n) is 4.55. The van der Waals surface area contributed by atoms with E-state index in [1.54, 1.807) is 48.5 Å². The third-order valence-corrected chi connectivity index (χ3v) is 6.36. The molecular weight excluding hydrogens is 472 g/mol. The predicted octanol–water partition coefficient (Wildman–Crippen LogP) is -0.209. The molecular formula is C26H21O10-. The third kappa shape index (κ3) is 3.76. The first kappa shape index (κ1) is 23.8. The van der Waals surface area contributed by atoms with Gasteiger partial charge in [-0.05, 0) is 30.3 Å². The number of rotatable bonds is 5. The molecule has 186 valence electrons. The minimum atomic E-state index is -1.90. The van der Waals surface area contributed by atoms with Gasteiger partial charge in [0.05, 0.1) is 11.5 Å². The summed E-state index contributed by atoms with van der Waals surface area (Å²) in [6.45, 7) is 0. The number of aromatic hydroxyl groups is 1. The van der Waals surface area contributed by atoms with Crippen LogP contribution in [0.3, 0.4) is 0 Å². The molecule has 1 saturated heterocycles. The number of phenols is 1. The average Bonchev–Trinajstić information content (AvgIpc) is 3.18. The highest BCUT2D eigenvalue weighted by molar-refractivity contribution is 5.96. The van der Waals surface area contributed by atoms with Gasteiger partial charge in [0.15, 0.2) is 5.60 Å². The first-order valence-corrected chi connectivity index (χ1v) is 11.0. The minimum Gasteiger partial charge on any atom is -0.547 e. The van der Waals surface area contributed by atoms with Crippen LogP contribution in [0.15, 0.2) is 72.8 Å². The number of cyclic esters (lactones) is 1. The van der Waals surface area contributed by atoms with Gasteiger partial charge < -0.3 is 44.5 Å². The van der Waals surface area contributed by atoms with Gasteiger partial charge in [-0.2, -0.15) is 0 Å². The molecule has 0 radical (unpaired) electrons. The number of carbonyl (C=O) groups excluding carboxylic acids is 2. The number of carbonyl (C=O) groups is 2. The van der Waals surface area contributed by atoms with Crippen LogP contribution in [0, 0.1) is 0 Å². The van der Waals surface area contributed by atoms with E-state index >= 15 is 0 Å². The van der Waals surface area contributed by atoms with Crippen molar-refractivity contribution in [3.05, 3.63) is 95.1 Å². The Labute approximate surface area is 204 Å². The van der Waals surface area contributed by atoms with Crippen LogP contribution < -0.4 is 9.84 Å². The molecule has 0 spiro atoms. The van der Waals surface area contributed by atoms with Gasteiger partial charge in [-0.15, -0.1) is 0 Å². The number of ether oxygens (including phenoxy) is 3. The Morgan fingerprint density at radius 2 is 1.47 bits per heavy atom. The van der Waals surface area contributed by atoms with Crippen LogP contribution in [-0.2, 0) is 19.9 Å². The molecule has 1 fully saturated rings. The lowest BCUT2D eigenvalue weighted by Gasteiger charge is -2.40. The molecule has 3 aromatic rings. The standard InChI is InChI=1S/C26H22O10/c27-15-9-5-13(6-10-15)26(18-4-2-1-3-17(18)24(33)36-26)14-7-11-16(12-8-14)34-25-21(30)19(28)20(29)22(35-25)23(31)32/h1-12,19-22,25,27-30H,(H,31,32)/p-1. The van der Waals surface area contributed by atoms with Crippen LogP contribution in [0.5, 0.6) is 11.5 Å². The minimum absolute atomic E-state index is 0.0449. The maximum Gasteiger partial charge on any atom is 0.340 e. The van der Waals surface area contributed by atoms with Crippen molar-refractivity contribution in [2.24, 2.45) is 0 Å². The van der Waals surface area contributed by atoms with Crippen LogP contribution >= 0.6 is 0 Å². The predicted molar refractivity (Wildman–Crippen MR) is 119 cm³/mol. The van der Waals surface area contributed by atoms with Gasteiger partial charge in [0.2, 0.25) is 6.29 Å². The molecule has 2 heterocycles. The van der Waals surface area contributed by atoms with Crippen molar-refractivity contribution in [1.82, 2.24) is 0 Å². The van der Waals surface area contributed by atoms with Crippen LogP contribution in [0.1, 0.15) is 27.0 Å². The lowest BCUT2D eigenvalue weighted by Crippen LogP contribution is -2.63. The number of benzene rings is 3. The van der Waals surface area contributed by atoms with E-state index in [0.717, 1.165) is 0 Å². The van der Waals surface area contributed by atoms with E-state index in [0.29, 0.717) is 22.3 Å². The molecule has 6 atom stereocenters. The van der Waals surface area contributed by atoms with Crippen molar-refractivity contribution >= 4 is 11.9 Å². The second-order valence-corrected chi connectivity index (χ2v) is 8.52. The van der Waals surface area contributed by atoms with Gasteiger partial charge in [-0.3, -0.25) is 0 Å². The summed E-state index contributed by atoms with van der Waals surface area (Å²) in [5.74, 6) is -2.10. The average molecular weight is 493 g/mol. The van der Waals surface area contributed by atoms with Gasteiger partial charge >= 0.3 is 5.97 Å². The number of fused-ring (bicyclic) bond motifs is 1. The van der Waals surface area contributed by atoms with Crippen LogP contribution in [0.25, 0.3) is 0 Å². The number of hydrogen-bond acceptors (Lipinski definition) is 10. The van der Waals surface area contributed by atoms with Crippen molar-refractivity contribution in [1.29, 1.82) is 0 Å². The highest BCUT2D eigenvalue weighted by Crippen LogP contribution is 2.47. The highest BCUT2D eigenvalue weighted by atomic mass is 16.7. The molecule has 5 rings (SSSR count). The van der Waals surface area contributed by atoms with E-state index in [1.165, 1.54) is 24.3 Å². The van der Waals surface area contributed by atoms with E-state index in [2.05, 4.69) is 0 Å². The number of carboxylic acids is 1. The third-order valence-electron chi connectivity index (χ3n) is 6.36. The zero-order valence-corrected chi connectivity index (χ0v) is 18.6. The van der Waals surface area contributed by atoms with E-state index < -0.39 is 48.2 Å². The molecule has 0 saturated carbocycles. The largest absolute Gasteiger partial charge is 0.547 e. The number of phenolic OH excluding ortho intramolecular Hbond substituents is 1. The SMILES string of the molecule is O=C1OC(c2ccc(O)cc2)(c2ccc(OC3OC(C(=O)[O-])C(O)C(O)C3O)cc2)c2ccccc21. The van der Waals surface area contributed by atoms with Crippen LogP contribution in [0.4, 0.5) is 0 Å². The maximum atomic E-state index is 12.8. The quantitative estimate of drug-likeness (QED) is 0.349. The summed E-state index contributed by atoms with van der Waals surface area (Å²) >= 11 is 0. The summed E-state index contributed by atoms with van der Waals surface area (Å²) in [6, 6.07) is 19.4. The van der Waals surface area contributed by atoms with E-state index in [-0.39, 0.29) is 11.5 Å². The van der Waals surface area contributed by atoms with Crippen molar-refractivity contribution in [2.75, 3.05) is 0 Å². The number of carboxylic acid groups (broad SMARTS) is 1. The molecule has 0 amide bonds. The summed E-state index contributed by atoms with van der Waals surface area (Å²) in [7, 11) is 0. The monoisotopic (exact) mass is 493 g/mol. The van der Waals surface area contributed by atoms with Gasteiger partial charge in [-0.25, -0.2) is 4.79 Å². The molecule has 6 unspecified atom stereocenters. The lowest BCUT2D eigenvalue weighted by atomic mass is 9.80. The summed E-state index contributed by atoms with van der Waals surface area (Å²) < 4.78 is 16.6. The molecule has 10 nitrogen and oxygen atoms in total. The molecule has 36 heavy (non-hydrogen) atoms. The molecule has 0 aromatic heterocycles. The van der Waals surface area contributed by atoms with Gasteiger partial charge in [0.1, 0.15) is 35.9 Å². The van der Waals surface area contributed by atoms with Gasteiger partial charge in [-0.1, -0.05) is 42.5 Å². The Balaban J connectivity index is 1.50. The second kappa shape index (κ2) is 8.92. The number of aliphatic hydroxyl groups is 3. The van der Waals surface area contributed by atoms with Crippen molar-refractivity contribution < 1.29 is 49.3 Å². The van der Waals surface area contributed by atoms with Crippen LogP contribution in [0.2, 0.25) is 0 Å². The molecule has 10 heteroatoms. The second-order valence-electron chi connectivity index (χ2n) is 8.52. The molecule has 2 aliphatic rings. The topological polar surface area (TPSA) is 166 Å². The van der Waals surface area contributed by atoms with E-state index in [9.17, 15) is 35.1 Å². The Hall–Kier alpha value is -3.96. The Morgan fingerprint density at radius 3 is 2.11 bits per heavy atom. The number of esters is 1. The highest BCUT2D eigenvalue weighted by Gasteiger charge is 2.49. The first-order chi connectivity index (χ1) is 17.2. The molecule has 0 aliphatic carbocycles. The lowest BCUT2D eigenvalue weighted by molar-refractivity contribution is -0.342. The zero-order valence-electron chi connectivity index (χ0n) is 18.6. The Morgan fingerprint density at radius 1 is 0.861 bits per heavy atom. The zero-order chi connectivity index (χ0) is 25.6. The Bertz CT molecular complexity index is 1290. The Kier molecular flexibility index (Phi) is 5.89. The van der Waals surface area contributed by atoms with Gasteiger partial charge in [0.25, 0.3) is 0 Å². The summed E-state index contributed by atoms with van der Waals surface area (Å²) in [5, 5.41) is 51.0. The van der Waals surface area contributed by atoms with Crippen molar-refractivity contribution in [2.45, 2.75) is 36.3 Å². The number of aliphatic hydroxyl groups excluding tert-OH is 3.